The van der Waals surface area contributed by atoms with E-state index >= 15 is 0 Å². The first-order valence-corrected chi connectivity index (χ1v) is 8.33. The van der Waals surface area contributed by atoms with E-state index in [-0.39, 0.29) is 12.6 Å². The smallest absolute Gasteiger partial charge is 0.0914 e. The molecule has 0 bridgehead atoms. The van der Waals surface area contributed by atoms with Crippen LogP contribution in [0.15, 0.2) is 67.0 Å². The first-order chi connectivity index (χ1) is 12.2. The van der Waals surface area contributed by atoms with Gasteiger partial charge in [0.05, 0.1) is 24.9 Å². The van der Waals surface area contributed by atoms with Crippen molar-refractivity contribution in [2.75, 3.05) is 13.2 Å². The molecule has 0 aliphatic carbocycles. The standard InChI is InChI=1S/C20H23N3O2/c1-23-13-18(11-22-23)19(14-24)21-12-20(25)17-9-7-16(8-10-17)15-5-3-2-4-6-15/h2-11,13,19-21,24-25H,12,14H2,1H3. The normalized spacial score (nSPS) is 13.6. The highest BCUT2D eigenvalue weighted by molar-refractivity contribution is 5.63. The molecule has 0 aliphatic heterocycles. The van der Waals surface area contributed by atoms with Gasteiger partial charge >= 0.3 is 0 Å². The van der Waals surface area contributed by atoms with Gasteiger partial charge in [0.1, 0.15) is 0 Å². The second kappa shape index (κ2) is 8.07. The molecule has 2 unspecified atom stereocenters. The average Bonchev–Trinajstić information content (AvgIpc) is 3.09. The average molecular weight is 337 g/mol. The molecule has 130 valence electrons. The number of aromatic nitrogens is 2. The molecule has 0 fully saturated rings. The molecule has 0 saturated heterocycles. The fourth-order valence-corrected chi connectivity index (χ4v) is 2.81. The van der Waals surface area contributed by atoms with Crippen LogP contribution in [-0.4, -0.2) is 33.1 Å². The summed E-state index contributed by atoms with van der Waals surface area (Å²) in [6, 6.07) is 17.8. The predicted molar refractivity (Wildman–Crippen MR) is 97.9 cm³/mol. The third-order valence-electron chi connectivity index (χ3n) is 4.27. The fourth-order valence-electron chi connectivity index (χ4n) is 2.81. The van der Waals surface area contributed by atoms with Gasteiger partial charge < -0.3 is 15.5 Å². The summed E-state index contributed by atoms with van der Waals surface area (Å²) in [4.78, 5) is 0. The maximum atomic E-state index is 10.4. The van der Waals surface area contributed by atoms with E-state index in [2.05, 4.69) is 22.5 Å². The van der Waals surface area contributed by atoms with Crippen molar-refractivity contribution in [3.63, 3.8) is 0 Å². The summed E-state index contributed by atoms with van der Waals surface area (Å²) in [5, 5.41) is 27.3. The predicted octanol–water partition coefficient (Wildman–Crippen LogP) is 2.44. The van der Waals surface area contributed by atoms with Crippen LogP contribution in [0.5, 0.6) is 0 Å². The van der Waals surface area contributed by atoms with Gasteiger partial charge in [-0.1, -0.05) is 54.6 Å². The lowest BCUT2D eigenvalue weighted by molar-refractivity contribution is 0.159. The van der Waals surface area contributed by atoms with E-state index in [1.807, 2.05) is 55.7 Å². The minimum absolute atomic E-state index is 0.0502. The van der Waals surface area contributed by atoms with Crippen molar-refractivity contribution in [1.82, 2.24) is 15.1 Å². The van der Waals surface area contributed by atoms with Gasteiger partial charge in [-0.25, -0.2) is 0 Å². The minimum atomic E-state index is -0.643. The van der Waals surface area contributed by atoms with Gasteiger partial charge in [-0.05, 0) is 16.7 Å². The molecule has 2 atom stereocenters. The summed E-state index contributed by atoms with van der Waals surface area (Å²) in [5.74, 6) is 0. The fraction of sp³-hybridized carbons (Fsp3) is 0.250. The second-order valence-corrected chi connectivity index (χ2v) is 6.09. The molecule has 0 saturated carbocycles. The topological polar surface area (TPSA) is 70.3 Å². The molecule has 1 heterocycles. The monoisotopic (exact) mass is 337 g/mol. The molecule has 3 rings (SSSR count). The van der Waals surface area contributed by atoms with Crippen molar-refractivity contribution in [3.05, 3.63) is 78.1 Å². The lowest BCUT2D eigenvalue weighted by Crippen LogP contribution is -2.28. The van der Waals surface area contributed by atoms with Crippen molar-refractivity contribution in [1.29, 1.82) is 0 Å². The highest BCUT2D eigenvalue weighted by Crippen LogP contribution is 2.22. The highest BCUT2D eigenvalue weighted by Gasteiger charge is 2.15. The van der Waals surface area contributed by atoms with Gasteiger partial charge in [-0.15, -0.1) is 0 Å². The van der Waals surface area contributed by atoms with E-state index in [1.165, 1.54) is 0 Å². The molecular weight excluding hydrogens is 314 g/mol. The zero-order valence-electron chi connectivity index (χ0n) is 14.2. The summed E-state index contributed by atoms with van der Waals surface area (Å²) in [6.07, 6.45) is 2.93. The maximum absolute atomic E-state index is 10.4. The summed E-state index contributed by atoms with van der Waals surface area (Å²) in [7, 11) is 1.83. The molecule has 5 heteroatoms. The third-order valence-corrected chi connectivity index (χ3v) is 4.27. The Balaban J connectivity index is 1.62. The number of aryl methyl sites for hydroxylation is 1. The molecule has 0 aliphatic rings. The number of nitrogens with zero attached hydrogens (tertiary/aromatic N) is 2. The molecule has 5 nitrogen and oxygen atoms in total. The highest BCUT2D eigenvalue weighted by atomic mass is 16.3. The van der Waals surface area contributed by atoms with E-state index in [4.69, 9.17) is 0 Å². The van der Waals surface area contributed by atoms with Crippen LogP contribution in [-0.2, 0) is 7.05 Å². The number of rotatable bonds is 7. The van der Waals surface area contributed by atoms with E-state index in [1.54, 1.807) is 10.9 Å². The zero-order valence-corrected chi connectivity index (χ0v) is 14.2. The number of hydrogen-bond donors (Lipinski definition) is 3. The van der Waals surface area contributed by atoms with Gasteiger partial charge in [-0.3, -0.25) is 4.68 Å². The number of benzene rings is 2. The maximum Gasteiger partial charge on any atom is 0.0914 e. The number of aliphatic hydroxyl groups is 2. The molecule has 0 radical (unpaired) electrons. The van der Waals surface area contributed by atoms with E-state index in [0.717, 1.165) is 22.3 Å². The summed E-state index contributed by atoms with van der Waals surface area (Å²) in [5.41, 5.74) is 4.01. The number of aliphatic hydroxyl groups excluding tert-OH is 2. The van der Waals surface area contributed by atoms with Crippen LogP contribution in [0.2, 0.25) is 0 Å². The SMILES string of the molecule is Cn1cc(C(CO)NCC(O)c2ccc(-c3ccccc3)cc2)cn1. The third kappa shape index (κ3) is 4.33. The van der Waals surface area contributed by atoms with Crippen molar-refractivity contribution in [3.8, 4) is 11.1 Å². The Labute approximate surface area is 147 Å². The first-order valence-electron chi connectivity index (χ1n) is 8.33. The van der Waals surface area contributed by atoms with Gasteiger partial charge in [0.25, 0.3) is 0 Å². The first kappa shape index (κ1) is 17.4. The molecule has 0 amide bonds. The van der Waals surface area contributed by atoms with Crippen molar-refractivity contribution in [2.24, 2.45) is 7.05 Å². The Morgan fingerprint density at radius 3 is 2.28 bits per heavy atom. The Bertz CT molecular complexity index is 784. The molecule has 2 aromatic carbocycles. The molecular formula is C20H23N3O2. The molecule has 3 N–H and O–H groups in total. The Kier molecular flexibility index (Phi) is 5.60. The van der Waals surface area contributed by atoms with Crippen molar-refractivity contribution in [2.45, 2.75) is 12.1 Å². The number of nitrogens with one attached hydrogen (secondary N) is 1. The Hall–Kier alpha value is -2.47. The molecule has 3 aromatic rings. The van der Waals surface area contributed by atoms with Crippen LogP contribution in [0.1, 0.15) is 23.3 Å². The van der Waals surface area contributed by atoms with Crippen LogP contribution in [0.3, 0.4) is 0 Å². The quantitative estimate of drug-likeness (QED) is 0.619. The largest absolute Gasteiger partial charge is 0.394 e. The van der Waals surface area contributed by atoms with Crippen LogP contribution in [0.25, 0.3) is 11.1 Å². The lowest BCUT2D eigenvalue weighted by Gasteiger charge is -2.18. The van der Waals surface area contributed by atoms with E-state index in [0.29, 0.717) is 6.54 Å². The summed E-state index contributed by atoms with van der Waals surface area (Å²) in [6.45, 7) is 0.302. The van der Waals surface area contributed by atoms with Gasteiger partial charge in [0, 0.05) is 25.4 Å². The van der Waals surface area contributed by atoms with Crippen LogP contribution < -0.4 is 5.32 Å². The van der Waals surface area contributed by atoms with Crippen LogP contribution in [0, 0.1) is 0 Å². The van der Waals surface area contributed by atoms with Gasteiger partial charge in [0.2, 0.25) is 0 Å². The van der Waals surface area contributed by atoms with E-state index in [9.17, 15) is 10.2 Å². The molecule has 25 heavy (non-hydrogen) atoms. The zero-order chi connectivity index (χ0) is 17.6. The van der Waals surface area contributed by atoms with Crippen LogP contribution >= 0.6 is 0 Å². The van der Waals surface area contributed by atoms with Gasteiger partial charge in [0.15, 0.2) is 0 Å². The molecule has 0 spiro atoms. The Morgan fingerprint density at radius 1 is 1.00 bits per heavy atom. The van der Waals surface area contributed by atoms with Crippen molar-refractivity contribution < 1.29 is 10.2 Å². The van der Waals surface area contributed by atoms with Crippen molar-refractivity contribution >= 4 is 0 Å². The summed E-state index contributed by atoms with van der Waals surface area (Å²) < 4.78 is 1.69. The van der Waals surface area contributed by atoms with Crippen LogP contribution in [0.4, 0.5) is 0 Å². The summed E-state index contributed by atoms with van der Waals surface area (Å²) >= 11 is 0. The second-order valence-electron chi connectivity index (χ2n) is 6.09. The lowest BCUT2D eigenvalue weighted by atomic mass is 10.0. The minimum Gasteiger partial charge on any atom is -0.394 e. The number of hydrogen-bond acceptors (Lipinski definition) is 4. The Morgan fingerprint density at radius 2 is 1.68 bits per heavy atom. The van der Waals surface area contributed by atoms with E-state index < -0.39 is 6.10 Å². The van der Waals surface area contributed by atoms with Gasteiger partial charge in [-0.2, -0.15) is 5.10 Å². The molecule has 1 aromatic heterocycles.